The average molecular weight is 500 g/mol. The van der Waals surface area contributed by atoms with Crippen LogP contribution in [0.15, 0.2) is 59.5 Å². The van der Waals surface area contributed by atoms with Crippen molar-refractivity contribution in [1.29, 1.82) is 0 Å². The summed E-state index contributed by atoms with van der Waals surface area (Å²) in [7, 11) is -1.85. The van der Waals surface area contributed by atoms with Gasteiger partial charge in [0.05, 0.1) is 24.2 Å². The van der Waals surface area contributed by atoms with E-state index in [9.17, 15) is 8.42 Å². The third kappa shape index (κ3) is 5.99. The summed E-state index contributed by atoms with van der Waals surface area (Å²) in [6, 6.07) is 18.0. The summed E-state index contributed by atoms with van der Waals surface area (Å²) in [5.74, 6) is 0.443. The molecule has 3 unspecified atom stereocenters. The number of nitrogens with zero attached hydrogens (tertiary/aromatic N) is 1. The second kappa shape index (κ2) is 10.7. The zero-order valence-corrected chi connectivity index (χ0v) is 22.5. The Morgan fingerprint density at radius 2 is 1.71 bits per heavy atom. The van der Waals surface area contributed by atoms with Crippen LogP contribution >= 0.6 is 0 Å². The second-order valence-electron chi connectivity index (χ2n) is 11.4. The molecule has 2 fully saturated rings. The van der Waals surface area contributed by atoms with Crippen molar-refractivity contribution in [2.75, 3.05) is 33.4 Å². The lowest BCUT2D eigenvalue weighted by atomic mass is 9.60. The number of fused-ring (bicyclic) bond motifs is 1. The van der Waals surface area contributed by atoms with Crippen molar-refractivity contribution >= 4 is 10.0 Å². The van der Waals surface area contributed by atoms with Gasteiger partial charge in [-0.25, -0.2) is 8.42 Å². The van der Waals surface area contributed by atoms with Crippen molar-refractivity contribution in [2.45, 2.75) is 69.3 Å². The number of methoxy groups -OCH3 is 1. The normalized spacial score (nSPS) is 25.8. The molecule has 3 atom stereocenters. The topological polar surface area (TPSA) is 55.8 Å². The fourth-order valence-electron chi connectivity index (χ4n) is 5.92. The predicted octanol–water partition coefficient (Wildman–Crippen LogP) is 5.44. The fraction of sp³-hybridized carbons (Fsp3) is 0.586. The van der Waals surface area contributed by atoms with Crippen LogP contribution in [0.3, 0.4) is 0 Å². The van der Waals surface area contributed by atoms with Gasteiger partial charge < -0.3 is 9.47 Å². The van der Waals surface area contributed by atoms with Gasteiger partial charge in [-0.1, -0.05) is 63.2 Å². The van der Waals surface area contributed by atoms with Gasteiger partial charge in [0.1, 0.15) is 0 Å². The molecule has 2 aromatic carbocycles. The van der Waals surface area contributed by atoms with Crippen molar-refractivity contribution in [1.82, 2.24) is 4.31 Å². The fourth-order valence-corrected chi connectivity index (χ4v) is 7.47. The molecule has 1 saturated carbocycles. The van der Waals surface area contributed by atoms with Crippen LogP contribution < -0.4 is 0 Å². The third-order valence-electron chi connectivity index (χ3n) is 7.99. The van der Waals surface area contributed by atoms with Gasteiger partial charge in [-0.2, -0.15) is 4.31 Å². The number of piperidine rings is 1. The zero-order chi connectivity index (χ0) is 25.1. The van der Waals surface area contributed by atoms with Crippen molar-refractivity contribution in [3.63, 3.8) is 0 Å². The van der Waals surface area contributed by atoms with Crippen LogP contribution in [0.2, 0.25) is 0 Å². The van der Waals surface area contributed by atoms with Crippen LogP contribution in [0.25, 0.3) is 0 Å². The molecule has 2 aliphatic rings. The first-order chi connectivity index (χ1) is 16.6. The number of rotatable bonds is 8. The highest BCUT2D eigenvalue weighted by molar-refractivity contribution is 7.89. The summed E-state index contributed by atoms with van der Waals surface area (Å²) < 4.78 is 40.5. The Hall–Kier alpha value is -1.73. The van der Waals surface area contributed by atoms with E-state index in [1.807, 2.05) is 18.2 Å². The molecule has 0 bridgehead atoms. The highest BCUT2D eigenvalue weighted by Gasteiger charge is 2.49. The van der Waals surface area contributed by atoms with Crippen LogP contribution in [0.5, 0.6) is 0 Å². The maximum Gasteiger partial charge on any atom is 0.243 e. The second-order valence-corrected chi connectivity index (χ2v) is 13.3. The first-order valence-corrected chi connectivity index (χ1v) is 14.3. The van der Waals surface area contributed by atoms with Gasteiger partial charge in [0.25, 0.3) is 0 Å². The number of benzene rings is 2. The van der Waals surface area contributed by atoms with Crippen LogP contribution in [-0.2, 0) is 31.3 Å². The first kappa shape index (κ1) is 26.3. The molecule has 5 nitrogen and oxygen atoms in total. The van der Waals surface area contributed by atoms with Gasteiger partial charge in [0.2, 0.25) is 10.0 Å². The van der Waals surface area contributed by atoms with Gasteiger partial charge in [-0.3, -0.25) is 0 Å². The number of sulfonamides is 1. The molecule has 35 heavy (non-hydrogen) atoms. The molecule has 192 valence electrons. The minimum Gasteiger partial charge on any atom is -0.382 e. The maximum atomic E-state index is 13.7. The van der Waals surface area contributed by atoms with Gasteiger partial charge in [-0.15, -0.1) is 0 Å². The van der Waals surface area contributed by atoms with Crippen molar-refractivity contribution in [3.05, 3.63) is 65.7 Å². The van der Waals surface area contributed by atoms with E-state index < -0.39 is 10.0 Å². The molecule has 1 aliphatic carbocycles. The summed E-state index contributed by atoms with van der Waals surface area (Å²) in [6.45, 7) is 8.79. The Bertz CT molecular complexity index is 1060. The standard InChI is InChI=1S/C29H41NO4S/c1-28(2,3)24-10-12-27(13-11-24)35(31,32)30-17-15-25-20-26(34-19-18-33-4)14-16-29(25,22-30)21-23-8-6-5-7-9-23/h5-13,25-26H,14-22H2,1-4H3. The summed E-state index contributed by atoms with van der Waals surface area (Å²) in [4.78, 5) is 0.399. The van der Waals surface area contributed by atoms with Gasteiger partial charge in [0, 0.05) is 20.2 Å². The Morgan fingerprint density at radius 1 is 1.00 bits per heavy atom. The molecule has 0 amide bonds. The first-order valence-electron chi connectivity index (χ1n) is 12.9. The number of hydrogen-bond donors (Lipinski definition) is 0. The summed E-state index contributed by atoms with van der Waals surface area (Å²) in [5, 5.41) is 0. The van der Waals surface area contributed by atoms with E-state index >= 15 is 0 Å². The Labute approximate surface area is 211 Å². The Kier molecular flexibility index (Phi) is 8.06. The van der Waals surface area contributed by atoms with E-state index in [2.05, 4.69) is 45.0 Å². The summed E-state index contributed by atoms with van der Waals surface area (Å²) in [6.07, 6.45) is 4.92. The molecule has 0 radical (unpaired) electrons. The number of hydrogen-bond acceptors (Lipinski definition) is 4. The average Bonchev–Trinajstić information content (AvgIpc) is 2.84. The van der Waals surface area contributed by atoms with Crippen LogP contribution in [0, 0.1) is 11.3 Å². The minimum absolute atomic E-state index is 0.00958. The van der Waals surface area contributed by atoms with E-state index in [1.54, 1.807) is 23.5 Å². The van der Waals surface area contributed by atoms with Gasteiger partial charge >= 0.3 is 0 Å². The van der Waals surface area contributed by atoms with Crippen LogP contribution in [-0.4, -0.2) is 52.2 Å². The molecule has 0 N–H and O–H groups in total. The summed E-state index contributed by atoms with van der Waals surface area (Å²) in [5.41, 5.74) is 2.34. The largest absolute Gasteiger partial charge is 0.382 e. The third-order valence-corrected chi connectivity index (χ3v) is 9.85. The highest BCUT2D eigenvalue weighted by atomic mass is 32.2. The van der Waals surface area contributed by atoms with Gasteiger partial charge in [0.15, 0.2) is 0 Å². The summed E-state index contributed by atoms with van der Waals surface area (Å²) >= 11 is 0. The predicted molar refractivity (Wildman–Crippen MR) is 140 cm³/mol. The maximum absolute atomic E-state index is 13.7. The highest BCUT2D eigenvalue weighted by Crippen LogP contribution is 2.50. The molecule has 4 rings (SSSR count). The minimum atomic E-state index is -3.55. The van der Waals surface area contributed by atoms with Crippen LogP contribution in [0.1, 0.15) is 57.6 Å². The van der Waals surface area contributed by atoms with Crippen LogP contribution in [0.4, 0.5) is 0 Å². The number of ether oxygens (including phenoxy) is 2. The molecule has 6 heteroatoms. The lowest BCUT2D eigenvalue weighted by molar-refractivity contribution is -0.0684. The van der Waals surface area contributed by atoms with E-state index in [1.165, 1.54) is 5.56 Å². The molecular formula is C29H41NO4S. The van der Waals surface area contributed by atoms with E-state index in [4.69, 9.17) is 9.47 Å². The smallest absolute Gasteiger partial charge is 0.243 e. The molecular weight excluding hydrogens is 458 g/mol. The zero-order valence-electron chi connectivity index (χ0n) is 21.7. The van der Waals surface area contributed by atoms with Crippen molar-refractivity contribution < 1.29 is 17.9 Å². The Balaban J connectivity index is 1.57. The molecule has 1 saturated heterocycles. The molecule has 0 aromatic heterocycles. The SMILES string of the molecule is COCCOC1CCC2(Cc3ccccc3)CN(S(=O)(=O)c3ccc(C(C)(C)C)cc3)CCC2C1. The van der Waals surface area contributed by atoms with E-state index in [0.29, 0.717) is 37.1 Å². The van der Waals surface area contributed by atoms with E-state index in [0.717, 1.165) is 37.7 Å². The molecule has 1 aliphatic heterocycles. The molecule has 0 spiro atoms. The lowest BCUT2D eigenvalue weighted by Gasteiger charge is -2.52. The molecule has 2 aromatic rings. The quantitative estimate of drug-likeness (QED) is 0.454. The van der Waals surface area contributed by atoms with Crippen molar-refractivity contribution in [2.24, 2.45) is 11.3 Å². The molecule has 1 heterocycles. The Morgan fingerprint density at radius 3 is 2.37 bits per heavy atom. The van der Waals surface area contributed by atoms with Crippen molar-refractivity contribution in [3.8, 4) is 0 Å². The van der Waals surface area contributed by atoms with Gasteiger partial charge in [-0.05, 0) is 72.1 Å². The van der Waals surface area contributed by atoms with E-state index in [-0.39, 0.29) is 16.9 Å². The lowest BCUT2D eigenvalue weighted by Crippen LogP contribution is -2.54. The monoisotopic (exact) mass is 499 g/mol.